The van der Waals surface area contributed by atoms with E-state index >= 15 is 0 Å². The molecule has 1 nitrogen and oxygen atoms in total. The average Bonchev–Trinajstić information content (AvgIpc) is 2.54. The summed E-state index contributed by atoms with van der Waals surface area (Å²) in [7, 11) is 0. The van der Waals surface area contributed by atoms with E-state index in [1.165, 1.54) is 19.3 Å². The molecule has 0 bridgehead atoms. The van der Waals surface area contributed by atoms with E-state index in [9.17, 15) is 5.11 Å². The summed E-state index contributed by atoms with van der Waals surface area (Å²) in [6.07, 6.45) is 17.6. The fraction of sp³-hybridized carbons (Fsp3) is 0.538. The van der Waals surface area contributed by atoms with Gasteiger partial charge in [-0.05, 0) is 12.8 Å². The topological polar surface area (TPSA) is 20.2 Å². The molecule has 0 amide bonds. The van der Waals surface area contributed by atoms with Gasteiger partial charge in [0, 0.05) is 10.8 Å². The quantitative estimate of drug-likeness (QED) is 0.579. The van der Waals surface area contributed by atoms with Gasteiger partial charge in [0.1, 0.15) is 0 Å². The van der Waals surface area contributed by atoms with Gasteiger partial charge in [-0.2, -0.15) is 0 Å². The molecule has 0 radical (unpaired) electrons. The third-order valence-corrected chi connectivity index (χ3v) is 4.30. The molecule has 0 saturated heterocycles. The first-order valence-corrected chi connectivity index (χ1v) is 5.54. The Morgan fingerprint density at radius 1 is 1.00 bits per heavy atom. The molecule has 3 rings (SSSR count). The molecule has 0 aliphatic heterocycles. The Kier molecular flexibility index (Phi) is 1.58. The van der Waals surface area contributed by atoms with Gasteiger partial charge < -0.3 is 5.11 Å². The smallest absolute Gasteiger partial charge is 0.0823 e. The number of allylic oxidation sites excluding steroid dienone is 4. The van der Waals surface area contributed by atoms with Gasteiger partial charge in [-0.3, -0.25) is 0 Å². The van der Waals surface area contributed by atoms with Crippen LogP contribution < -0.4 is 0 Å². The van der Waals surface area contributed by atoms with Crippen molar-refractivity contribution in [2.75, 3.05) is 0 Å². The zero-order valence-corrected chi connectivity index (χ0v) is 8.32. The highest BCUT2D eigenvalue weighted by Crippen LogP contribution is 2.60. The standard InChI is InChI=1S/C13H16O/c14-11-5-10-12-6-1-3-8-13(11,12)9-4-2-7-12/h1,3,5-6,8,10-11,14H,2,4,7,9H2/t11-,12-,13-/m0/s1. The summed E-state index contributed by atoms with van der Waals surface area (Å²) in [4.78, 5) is 0. The molecule has 0 aromatic rings. The molecule has 1 heteroatoms. The predicted molar refractivity (Wildman–Crippen MR) is 56.8 cm³/mol. The van der Waals surface area contributed by atoms with Crippen molar-refractivity contribution < 1.29 is 5.11 Å². The number of aliphatic hydroxyl groups excluding tert-OH is 1. The van der Waals surface area contributed by atoms with E-state index in [0.29, 0.717) is 0 Å². The van der Waals surface area contributed by atoms with Crippen LogP contribution in [0.4, 0.5) is 0 Å². The van der Waals surface area contributed by atoms with E-state index in [-0.39, 0.29) is 16.9 Å². The summed E-state index contributed by atoms with van der Waals surface area (Å²) in [5, 5.41) is 10.1. The molecule has 1 fully saturated rings. The first-order chi connectivity index (χ1) is 6.79. The van der Waals surface area contributed by atoms with Crippen LogP contribution in [0.3, 0.4) is 0 Å². The van der Waals surface area contributed by atoms with Crippen molar-refractivity contribution in [2.24, 2.45) is 10.8 Å². The Labute approximate surface area is 84.8 Å². The second-order valence-corrected chi connectivity index (χ2v) is 4.81. The lowest BCUT2D eigenvalue weighted by Gasteiger charge is -2.49. The van der Waals surface area contributed by atoms with Gasteiger partial charge in [-0.15, -0.1) is 0 Å². The normalized spacial score (nSPS) is 49.1. The van der Waals surface area contributed by atoms with E-state index in [2.05, 4.69) is 30.4 Å². The molecular weight excluding hydrogens is 172 g/mol. The largest absolute Gasteiger partial charge is 0.388 e. The summed E-state index contributed by atoms with van der Waals surface area (Å²) in [6, 6.07) is 0. The van der Waals surface area contributed by atoms with E-state index < -0.39 is 0 Å². The van der Waals surface area contributed by atoms with Gasteiger partial charge >= 0.3 is 0 Å². The average molecular weight is 188 g/mol. The SMILES string of the molecule is O[C@H]1C=C[C@@]23C=CC=C[C@]12CCCC3. The number of hydrogen-bond acceptors (Lipinski definition) is 1. The third kappa shape index (κ3) is 0.795. The second-order valence-electron chi connectivity index (χ2n) is 4.81. The maximum absolute atomic E-state index is 10.1. The molecule has 0 heterocycles. The Balaban J connectivity index is 2.14. The molecule has 1 N–H and O–H groups in total. The summed E-state index contributed by atoms with van der Waals surface area (Å²) in [6.45, 7) is 0. The van der Waals surface area contributed by atoms with Crippen molar-refractivity contribution >= 4 is 0 Å². The predicted octanol–water partition coefficient (Wildman–Crippen LogP) is 2.59. The van der Waals surface area contributed by atoms with Crippen LogP contribution in [0.15, 0.2) is 36.5 Å². The molecule has 0 spiro atoms. The van der Waals surface area contributed by atoms with Crippen LogP contribution in [-0.4, -0.2) is 11.2 Å². The van der Waals surface area contributed by atoms with Crippen molar-refractivity contribution in [3.63, 3.8) is 0 Å². The highest BCUT2D eigenvalue weighted by molar-refractivity contribution is 5.39. The summed E-state index contributed by atoms with van der Waals surface area (Å²) >= 11 is 0. The molecule has 74 valence electrons. The van der Waals surface area contributed by atoms with Crippen LogP contribution in [0, 0.1) is 10.8 Å². The van der Waals surface area contributed by atoms with Crippen LogP contribution in [0.25, 0.3) is 0 Å². The maximum atomic E-state index is 10.1. The van der Waals surface area contributed by atoms with Crippen LogP contribution >= 0.6 is 0 Å². The van der Waals surface area contributed by atoms with Gasteiger partial charge in [0.25, 0.3) is 0 Å². The van der Waals surface area contributed by atoms with Crippen LogP contribution in [-0.2, 0) is 0 Å². The molecule has 3 aliphatic rings. The minimum atomic E-state index is -0.274. The number of rotatable bonds is 0. The van der Waals surface area contributed by atoms with Crippen molar-refractivity contribution in [2.45, 2.75) is 31.8 Å². The van der Waals surface area contributed by atoms with E-state index in [1.54, 1.807) is 0 Å². The van der Waals surface area contributed by atoms with Crippen LogP contribution in [0.5, 0.6) is 0 Å². The van der Waals surface area contributed by atoms with Gasteiger partial charge in [-0.1, -0.05) is 49.3 Å². The molecule has 14 heavy (non-hydrogen) atoms. The molecule has 0 aromatic carbocycles. The fourth-order valence-corrected chi connectivity index (χ4v) is 3.48. The van der Waals surface area contributed by atoms with Crippen molar-refractivity contribution in [3.05, 3.63) is 36.5 Å². The van der Waals surface area contributed by atoms with E-state index in [1.807, 2.05) is 6.08 Å². The van der Waals surface area contributed by atoms with Crippen molar-refractivity contribution in [3.8, 4) is 0 Å². The first kappa shape index (κ1) is 8.49. The lowest BCUT2D eigenvalue weighted by molar-refractivity contribution is 0.0181. The zero-order chi connectivity index (χ0) is 9.65. The molecular formula is C13H16O. The van der Waals surface area contributed by atoms with Crippen molar-refractivity contribution in [1.82, 2.24) is 0 Å². The summed E-state index contributed by atoms with van der Waals surface area (Å²) in [5.41, 5.74) is 0.138. The Morgan fingerprint density at radius 2 is 1.79 bits per heavy atom. The third-order valence-electron chi connectivity index (χ3n) is 4.30. The van der Waals surface area contributed by atoms with Gasteiger partial charge in [-0.25, -0.2) is 0 Å². The number of aliphatic hydroxyl groups is 1. The minimum Gasteiger partial charge on any atom is -0.388 e. The lowest BCUT2D eigenvalue weighted by atomic mass is 9.55. The van der Waals surface area contributed by atoms with Crippen LogP contribution in [0.2, 0.25) is 0 Å². The fourth-order valence-electron chi connectivity index (χ4n) is 3.48. The van der Waals surface area contributed by atoms with Gasteiger partial charge in [0.05, 0.1) is 6.10 Å². The minimum absolute atomic E-state index is 0. The Morgan fingerprint density at radius 3 is 2.64 bits per heavy atom. The second kappa shape index (κ2) is 2.60. The Bertz CT molecular complexity index is 339. The molecule has 3 atom stereocenters. The summed E-state index contributed by atoms with van der Waals surface area (Å²) < 4.78 is 0. The first-order valence-electron chi connectivity index (χ1n) is 5.54. The lowest BCUT2D eigenvalue weighted by Crippen LogP contribution is -2.45. The monoisotopic (exact) mass is 188 g/mol. The van der Waals surface area contributed by atoms with Crippen molar-refractivity contribution in [1.29, 1.82) is 0 Å². The number of hydrogen-bond donors (Lipinski definition) is 1. The zero-order valence-electron chi connectivity index (χ0n) is 8.32. The van der Waals surface area contributed by atoms with Crippen LogP contribution in [0.1, 0.15) is 25.7 Å². The maximum Gasteiger partial charge on any atom is 0.0823 e. The van der Waals surface area contributed by atoms with Gasteiger partial charge in [0.15, 0.2) is 0 Å². The Hall–Kier alpha value is -0.820. The highest BCUT2D eigenvalue weighted by Gasteiger charge is 2.55. The van der Waals surface area contributed by atoms with Gasteiger partial charge in [0.2, 0.25) is 0 Å². The molecule has 1 saturated carbocycles. The highest BCUT2D eigenvalue weighted by atomic mass is 16.3. The molecule has 0 unspecified atom stereocenters. The van der Waals surface area contributed by atoms with E-state index in [4.69, 9.17) is 0 Å². The van der Waals surface area contributed by atoms with E-state index in [0.717, 1.165) is 6.42 Å². The summed E-state index contributed by atoms with van der Waals surface area (Å²) in [5.74, 6) is 0. The molecule has 3 aliphatic carbocycles. The molecule has 0 aromatic heterocycles.